The van der Waals surface area contributed by atoms with E-state index in [9.17, 15) is 14.7 Å². The Bertz CT molecular complexity index is 1030. The molecule has 178 valence electrons. The van der Waals surface area contributed by atoms with Gasteiger partial charge in [0.05, 0.1) is 19.9 Å². The zero-order valence-electron chi connectivity index (χ0n) is 18.3. The number of nitrogens with one attached hydrogen (secondary N) is 1. The molecular weight excluding hydrogens is 767 g/mol. The van der Waals surface area contributed by atoms with Gasteiger partial charge in [0.25, 0.3) is 0 Å². The molecule has 1 heterocycles. The number of carboxylic acids is 1. The zero-order chi connectivity index (χ0) is 24.3. The molecule has 2 aromatic rings. The number of carbonyl (C=O) groups is 2. The lowest BCUT2D eigenvalue weighted by Gasteiger charge is -2.22. The van der Waals surface area contributed by atoms with Gasteiger partial charge in [0.15, 0.2) is 5.75 Å². The molecule has 2 atom stereocenters. The van der Waals surface area contributed by atoms with Gasteiger partial charge < -0.3 is 24.6 Å². The summed E-state index contributed by atoms with van der Waals surface area (Å²) in [5.41, 5.74) is 1.30. The van der Waals surface area contributed by atoms with Crippen LogP contribution in [-0.2, 0) is 27.1 Å². The molecule has 7 nitrogen and oxygen atoms in total. The molecule has 1 saturated heterocycles. The summed E-state index contributed by atoms with van der Waals surface area (Å²) in [7, 11) is 0. The number of benzene rings is 2. The predicted molar refractivity (Wildman–Crippen MR) is 149 cm³/mol. The Labute approximate surface area is 233 Å². The summed E-state index contributed by atoms with van der Waals surface area (Å²) in [6.07, 6.45) is 0.603. The van der Waals surface area contributed by atoms with Crippen molar-refractivity contribution in [3.05, 3.63) is 52.2 Å². The summed E-state index contributed by atoms with van der Waals surface area (Å²) in [5.74, 6) is 0.317. The topological polar surface area (TPSA) is 97.4 Å². The highest BCUT2D eigenvalue weighted by molar-refractivity contribution is 14.1. The molecular formula is C23H24I3NO6. The second-order valence-corrected chi connectivity index (χ2v) is 12.1. The number of alkyl carbamates (subject to hydrolysis) is 1. The van der Waals surface area contributed by atoms with Crippen molar-refractivity contribution < 1.29 is 28.9 Å². The van der Waals surface area contributed by atoms with Gasteiger partial charge in [-0.1, -0.05) is 6.07 Å². The molecule has 2 N–H and O–H groups in total. The molecule has 1 amide bonds. The Kier molecular flexibility index (Phi) is 9.11. The molecule has 2 aromatic carbocycles. The van der Waals surface area contributed by atoms with Crippen molar-refractivity contribution in [1.29, 1.82) is 0 Å². The second-order valence-electron chi connectivity index (χ2n) is 8.64. The summed E-state index contributed by atoms with van der Waals surface area (Å²) in [4.78, 5) is 23.7. The number of aliphatic carboxylic acids is 1. The first kappa shape index (κ1) is 26.7. The summed E-state index contributed by atoms with van der Waals surface area (Å²) in [6.45, 7) is 6.00. The first-order valence-electron chi connectivity index (χ1n) is 10.2. The highest BCUT2D eigenvalue weighted by atomic mass is 127. The molecule has 2 unspecified atom stereocenters. The fourth-order valence-electron chi connectivity index (χ4n) is 3.02. The minimum absolute atomic E-state index is 0.122. The van der Waals surface area contributed by atoms with E-state index in [2.05, 4.69) is 79.2 Å². The van der Waals surface area contributed by atoms with Crippen LogP contribution in [0.1, 0.15) is 31.9 Å². The van der Waals surface area contributed by atoms with Crippen LogP contribution in [0.5, 0.6) is 11.5 Å². The highest BCUT2D eigenvalue weighted by Gasteiger charge is 2.26. The molecule has 0 spiro atoms. The van der Waals surface area contributed by atoms with Gasteiger partial charge in [-0.25, -0.2) is 9.59 Å². The molecule has 3 rings (SSSR count). The SMILES string of the molecule is CC(C)(C)OC(=O)NC(Cc1cc(I)c(Oc2ccc(CC3CO3)c(I)c2)c(I)c1)C(=O)O. The fraction of sp³-hybridized carbons (Fsp3) is 0.391. The Hall–Kier alpha value is -0.870. The highest BCUT2D eigenvalue weighted by Crippen LogP contribution is 2.34. The smallest absolute Gasteiger partial charge is 0.408 e. The van der Waals surface area contributed by atoms with Crippen LogP contribution in [0.4, 0.5) is 4.79 Å². The van der Waals surface area contributed by atoms with Crippen molar-refractivity contribution in [2.24, 2.45) is 0 Å². The summed E-state index contributed by atoms with van der Waals surface area (Å²) in [6, 6.07) is 8.65. The lowest BCUT2D eigenvalue weighted by Crippen LogP contribution is -2.44. The van der Waals surface area contributed by atoms with Gasteiger partial charge in [-0.05, 0) is 124 Å². The van der Waals surface area contributed by atoms with E-state index in [1.165, 1.54) is 5.56 Å². The standard InChI is InChI=1S/C23H24I3NO6/c1-23(2,3)33-22(30)27-19(21(28)29)8-12-6-17(25)20(18(26)7-12)32-14-5-4-13(16(24)10-14)9-15-11-31-15/h4-7,10,15,19H,8-9,11H2,1-3H3,(H,27,30)(H,28,29). The van der Waals surface area contributed by atoms with E-state index in [-0.39, 0.29) is 6.42 Å². The second kappa shape index (κ2) is 11.2. The Morgan fingerprint density at radius 2 is 1.79 bits per heavy atom. The van der Waals surface area contributed by atoms with Gasteiger partial charge in [0.1, 0.15) is 17.4 Å². The van der Waals surface area contributed by atoms with Crippen molar-refractivity contribution in [2.75, 3.05) is 6.61 Å². The molecule has 10 heteroatoms. The Balaban J connectivity index is 1.71. The van der Waals surface area contributed by atoms with Crippen LogP contribution in [-0.4, -0.2) is 41.5 Å². The van der Waals surface area contributed by atoms with Crippen molar-refractivity contribution in [1.82, 2.24) is 5.32 Å². The number of hydrogen-bond acceptors (Lipinski definition) is 5. The number of halogens is 3. The van der Waals surface area contributed by atoms with Crippen molar-refractivity contribution in [3.8, 4) is 11.5 Å². The van der Waals surface area contributed by atoms with Crippen molar-refractivity contribution in [2.45, 2.75) is 51.4 Å². The van der Waals surface area contributed by atoms with Gasteiger partial charge in [0, 0.05) is 16.4 Å². The average molecular weight is 791 g/mol. The van der Waals surface area contributed by atoms with Gasteiger partial charge in [-0.15, -0.1) is 0 Å². The Morgan fingerprint density at radius 3 is 2.30 bits per heavy atom. The lowest BCUT2D eigenvalue weighted by molar-refractivity contribution is -0.139. The van der Waals surface area contributed by atoms with E-state index < -0.39 is 23.7 Å². The lowest BCUT2D eigenvalue weighted by atomic mass is 10.1. The molecule has 0 aliphatic carbocycles. The molecule has 1 aliphatic rings. The van der Waals surface area contributed by atoms with Crippen molar-refractivity contribution >= 4 is 79.8 Å². The quantitative estimate of drug-likeness (QED) is 0.261. The van der Waals surface area contributed by atoms with Gasteiger partial charge in [-0.3, -0.25) is 0 Å². The van der Waals surface area contributed by atoms with E-state index in [0.29, 0.717) is 11.9 Å². The monoisotopic (exact) mass is 791 g/mol. The van der Waals surface area contributed by atoms with E-state index in [4.69, 9.17) is 14.2 Å². The summed E-state index contributed by atoms with van der Waals surface area (Å²) >= 11 is 6.67. The van der Waals surface area contributed by atoms with Crippen LogP contribution in [0.25, 0.3) is 0 Å². The molecule has 0 aromatic heterocycles. The number of carbonyl (C=O) groups excluding carboxylic acids is 1. The first-order chi connectivity index (χ1) is 15.4. The van der Waals surface area contributed by atoms with Gasteiger partial charge >= 0.3 is 12.1 Å². The van der Waals surface area contributed by atoms with Gasteiger partial charge in [-0.2, -0.15) is 0 Å². The van der Waals surface area contributed by atoms with E-state index >= 15 is 0 Å². The van der Waals surface area contributed by atoms with Crippen LogP contribution < -0.4 is 10.1 Å². The van der Waals surface area contributed by atoms with Gasteiger partial charge in [0.2, 0.25) is 0 Å². The molecule has 0 bridgehead atoms. The van der Waals surface area contributed by atoms with Crippen molar-refractivity contribution in [3.63, 3.8) is 0 Å². The minimum Gasteiger partial charge on any atom is -0.480 e. The van der Waals surface area contributed by atoms with E-state index in [1.807, 2.05) is 24.3 Å². The zero-order valence-corrected chi connectivity index (χ0v) is 24.8. The number of carboxylic acid groups (broad SMARTS) is 1. The maximum absolute atomic E-state index is 12.0. The first-order valence-corrected chi connectivity index (χ1v) is 13.4. The summed E-state index contributed by atoms with van der Waals surface area (Å²) in [5, 5.41) is 12.0. The molecule has 0 radical (unpaired) electrons. The third-order valence-corrected chi connectivity index (χ3v) is 7.19. The average Bonchev–Trinajstić information content (AvgIpc) is 3.49. The summed E-state index contributed by atoms with van der Waals surface area (Å²) < 4.78 is 19.5. The minimum atomic E-state index is -1.13. The molecule has 1 aliphatic heterocycles. The number of hydrogen-bond donors (Lipinski definition) is 2. The molecule has 1 fully saturated rings. The van der Waals surface area contributed by atoms with Crippen LogP contribution in [0.2, 0.25) is 0 Å². The predicted octanol–water partition coefficient (Wildman–Crippen LogP) is 5.75. The normalized spacial score (nSPS) is 16.1. The number of rotatable bonds is 8. The number of epoxide rings is 1. The molecule has 33 heavy (non-hydrogen) atoms. The maximum atomic E-state index is 12.0. The third-order valence-electron chi connectivity index (χ3n) is 4.58. The molecule has 0 saturated carbocycles. The Morgan fingerprint density at radius 1 is 1.15 bits per heavy atom. The maximum Gasteiger partial charge on any atom is 0.408 e. The van der Waals surface area contributed by atoms with Crippen LogP contribution in [0, 0.1) is 10.7 Å². The van der Waals surface area contributed by atoms with E-state index in [1.54, 1.807) is 20.8 Å². The van der Waals surface area contributed by atoms with E-state index in [0.717, 1.165) is 35.1 Å². The number of ether oxygens (including phenoxy) is 3. The number of amides is 1. The fourth-order valence-corrected chi connectivity index (χ4v) is 5.84. The van der Waals surface area contributed by atoms with Crippen LogP contribution in [0.3, 0.4) is 0 Å². The van der Waals surface area contributed by atoms with Crippen LogP contribution >= 0.6 is 67.8 Å². The third kappa shape index (κ3) is 8.38. The van der Waals surface area contributed by atoms with Crippen LogP contribution in [0.15, 0.2) is 30.3 Å². The largest absolute Gasteiger partial charge is 0.480 e.